The number of benzene rings is 1. The van der Waals surface area contributed by atoms with Crippen LogP contribution in [0.3, 0.4) is 0 Å². The molecule has 1 aromatic rings. The van der Waals surface area contributed by atoms with Crippen molar-refractivity contribution in [1.82, 2.24) is 10.2 Å². The number of nitrogens with one attached hydrogen (secondary N) is 1. The number of fused-ring (bicyclic) bond motifs is 1. The van der Waals surface area contributed by atoms with Gasteiger partial charge < -0.3 is 15.0 Å². The maximum absolute atomic E-state index is 14.1. The Bertz CT molecular complexity index is 1080. The Morgan fingerprint density at radius 1 is 1.26 bits per heavy atom. The van der Waals surface area contributed by atoms with Gasteiger partial charge in [-0.15, -0.1) is 0 Å². The highest BCUT2D eigenvalue weighted by molar-refractivity contribution is 8.16. The molecular weight excluding hydrogens is 467 g/mol. The predicted octanol–water partition coefficient (Wildman–Crippen LogP) is 5.15. The fourth-order valence-corrected chi connectivity index (χ4v) is 4.70. The summed E-state index contributed by atoms with van der Waals surface area (Å²) in [6.07, 6.45) is -4.92. The third-order valence-corrected chi connectivity index (χ3v) is 6.24. The maximum Gasteiger partial charge on any atom is 0.434 e. The van der Waals surface area contributed by atoms with Gasteiger partial charge in [0.2, 0.25) is 5.91 Å². The fourth-order valence-electron chi connectivity index (χ4n) is 3.78. The van der Waals surface area contributed by atoms with Gasteiger partial charge in [0, 0.05) is 12.2 Å². The Morgan fingerprint density at radius 3 is 2.59 bits per heavy atom. The number of alkyl halides is 3. The van der Waals surface area contributed by atoms with Crippen molar-refractivity contribution in [3.8, 4) is 0 Å². The van der Waals surface area contributed by atoms with Crippen LogP contribution in [0.5, 0.6) is 0 Å². The van der Waals surface area contributed by atoms with Crippen molar-refractivity contribution < 1.29 is 27.5 Å². The number of amidine groups is 1. The first-order valence-corrected chi connectivity index (χ1v) is 11.9. The molecule has 34 heavy (non-hydrogen) atoms. The number of hydrogen-bond donors (Lipinski definition) is 1. The van der Waals surface area contributed by atoms with Crippen molar-refractivity contribution in [1.29, 1.82) is 0 Å². The van der Waals surface area contributed by atoms with Gasteiger partial charge in [0.05, 0.1) is 24.6 Å². The molecular formula is C24H28F3N3O3S. The van der Waals surface area contributed by atoms with E-state index in [2.05, 4.69) is 10.3 Å². The zero-order valence-electron chi connectivity index (χ0n) is 19.7. The minimum Gasteiger partial charge on any atom is -0.463 e. The van der Waals surface area contributed by atoms with Crippen LogP contribution in [0.2, 0.25) is 0 Å². The smallest absolute Gasteiger partial charge is 0.434 e. The molecule has 0 saturated carbocycles. The fraction of sp³-hybridized carbons (Fsp3) is 0.458. The Kier molecular flexibility index (Phi) is 7.80. The molecule has 1 N–H and O–H groups in total. The summed E-state index contributed by atoms with van der Waals surface area (Å²) in [6, 6.07) is 4.27. The number of amides is 1. The van der Waals surface area contributed by atoms with Gasteiger partial charge in [-0.05, 0) is 43.2 Å². The topological polar surface area (TPSA) is 71.0 Å². The van der Waals surface area contributed by atoms with Gasteiger partial charge in [0.25, 0.3) is 0 Å². The number of halogens is 3. The predicted molar refractivity (Wildman–Crippen MR) is 126 cm³/mol. The molecule has 0 fully saturated rings. The van der Waals surface area contributed by atoms with Gasteiger partial charge in [-0.3, -0.25) is 4.79 Å². The third-order valence-electron chi connectivity index (χ3n) is 5.35. The lowest BCUT2D eigenvalue weighted by Gasteiger charge is -2.37. The number of ether oxygens (including phenoxy) is 1. The van der Waals surface area contributed by atoms with E-state index >= 15 is 0 Å². The monoisotopic (exact) mass is 495 g/mol. The van der Waals surface area contributed by atoms with Crippen LogP contribution in [0, 0.1) is 19.8 Å². The summed E-state index contributed by atoms with van der Waals surface area (Å²) in [5, 5.41) is 4.51. The zero-order valence-corrected chi connectivity index (χ0v) is 20.6. The molecule has 0 saturated heterocycles. The van der Waals surface area contributed by atoms with Gasteiger partial charge in [0.15, 0.2) is 10.9 Å². The number of allylic oxidation sites excluding steroid dienone is 1. The largest absolute Gasteiger partial charge is 0.463 e. The Morgan fingerprint density at radius 2 is 1.97 bits per heavy atom. The van der Waals surface area contributed by atoms with Crippen LogP contribution in [-0.2, 0) is 14.3 Å². The van der Waals surface area contributed by atoms with E-state index in [4.69, 9.17) is 4.74 Å². The minimum atomic E-state index is -4.87. The standard InChI is InChI=1S/C24H28F3N3O3S/c1-6-33-22(32)19-20(17-9-14(4)7-8-15(17)5)30-16(10-18(31)28-11-13(2)3)12-34-23(30)29-21(19)24(25,26)27/h7-9,12-13,20H,6,10-11H2,1-5H3,(H,28,31)/t20-/m0/s1. The molecule has 1 atom stereocenters. The number of nitrogens with zero attached hydrogens (tertiary/aromatic N) is 2. The summed E-state index contributed by atoms with van der Waals surface area (Å²) in [4.78, 5) is 30.9. The number of aliphatic imine (C=N–C) groups is 1. The van der Waals surface area contributed by atoms with Crippen molar-refractivity contribution in [2.75, 3.05) is 13.2 Å². The second-order valence-electron chi connectivity index (χ2n) is 8.61. The van der Waals surface area contributed by atoms with Crippen LogP contribution < -0.4 is 5.32 Å². The van der Waals surface area contributed by atoms with Crippen LogP contribution in [0.1, 0.15) is 49.9 Å². The van der Waals surface area contributed by atoms with Crippen molar-refractivity contribution in [2.45, 2.75) is 53.3 Å². The second-order valence-corrected chi connectivity index (χ2v) is 9.45. The number of rotatable bonds is 7. The van der Waals surface area contributed by atoms with E-state index in [0.29, 0.717) is 23.4 Å². The number of thioether (sulfide) groups is 1. The van der Waals surface area contributed by atoms with E-state index in [1.54, 1.807) is 29.4 Å². The van der Waals surface area contributed by atoms with Gasteiger partial charge in [0.1, 0.15) is 0 Å². The summed E-state index contributed by atoms with van der Waals surface area (Å²) in [5.41, 5.74) is 0.679. The first-order chi connectivity index (χ1) is 15.9. The number of aryl methyl sites for hydroxylation is 2. The lowest BCUT2D eigenvalue weighted by atomic mass is 9.89. The van der Waals surface area contributed by atoms with Crippen LogP contribution in [0.15, 0.2) is 45.6 Å². The molecule has 0 aliphatic carbocycles. The molecule has 1 aromatic carbocycles. The summed E-state index contributed by atoms with van der Waals surface area (Å²) >= 11 is 1.00. The first kappa shape index (κ1) is 25.9. The normalized spacial score (nSPS) is 18.0. The number of hydrogen-bond acceptors (Lipinski definition) is 6. The van der Waals surface area contributed by atoms with Gasteiger partial charge in [-0.2, -0.15) is 13.2 Å². The molecule has 1 amide bonds. The zero-order chi connectivity index (χ0) is 25.2. The summed E-state index contributed by atoms with van der Waals surface area (Å²) < 4.78 is 47.4. The molecule has 0 unspecified atom stereocenters. The maximum atomic E-state index is 14.1. The lowest BCUT2D eigenvalue weighted by molar-refractivity contribution is -0.140. The molecule has 0 radical (unpaired) electrons. The first-order valence-electron chi connectivity index (χ1n) is 11.0. The molecule has 2 aliphatic rings. The molecule has 2 heterocycles. The molecule has 0 aromatic heterocycles. The van der Waals surface area contributed by atoms with E-state index in [1.165, 1.54) is 6.92 Å². The van der Waals surface area contributed by atoms with Crippen molar-refractivity contribution in [3.05, 3.63) is 57.3 Å². The van der Waals surface area contributed by atoms with E-state index in [1.807, 2.05) is 26.8 Å². The van der Waals surface area contributed by atoms with Gasteiger partial charge >= 0.3 is 12.1 Å². The van der Waals surface area contributed by atoms with E-state index in [9.17, 15) is 22.8 Å². The Balaban J connectivity index is 2.16. The lowest BCUT2D eigenvalue weighted by Crippen LogP contribution is -2.40. The van der Waals surface area contributed by atoms with E-state index < -0.39 is 29.5 Å². The minimum absolute atomic E-state index is 0.0580. The van der Waals surface area contributed by atoms with Crippen LogP contribution in [0.4, 0.5) is 13.2 Å². The highest BCUT2D eigenvalue weighted by Gasteiger charge is 2.49. The summed E-state index contributed by atoms with van der Waals surface area (Å²) in [6.45, 7) is 9.46. The van der Waals surface area contributed by atoms with Crippen LogP contribution >= 0.6 is 11.8 Å². The number of carbonyl (C=O) groups excluding carboxylic acids is 2. The summed E-state index contributed by atoms with van der Waals surface area (Å²) in [5.74, 6) is -1.09. The highest BCUT2D eigenvalue weighted by Crippen LogP contribution is 2.48. The molecule has 3 rings (SSSR count). The van der Waals surface area contributed by atoms with E-state index in [-0.39, 0.29) is 30.0 Å². The average molecular weight is 496 g/mol. The molecule has 0 spiro atoms. The number of carbonyl (C=O) groups is 2. The van der Waals surface area contributed by atoms with Crippen molar-refractivity contribution in [2.24, 2.45) is 10.9 Å². The highest BCUT2D eigenvalue weighted by atomic mass is 32.2. The van der Waals surface area contributed by atoms with Gasteiger partial charge in [-0.1, -0.05) is 49.4 Å². The van der Waals surface area contributed by atoms with Gasteiger partial charge in [-0.25, -0.2) is 9.79 Å². The van der Waals surface area contributed by atoms with Crippen LogP contribution in [-0.4, -0.2) is 41.3 Å². The quantitative estimate of drug-likeness (QED) is 0.530. The Labute approximate surface area is 201 Å². The van der Waals surface area contributed by atoms with E-state index in [0.717, 1.165) is 17.3 Å². The molecule has 10 heteroatoms. The van der Waals surface area contributed by atoms with Crippen LogP contribution in [0.25, 0.3) is 0 Å². The third kappa shape index (κ3) is 5.48. The molecule has 0 bridgehead atoms. The summed E-state index contributed by atoms with van der Waals surface area (Å²) in [7, 11) is 0. The molecule has 184 valence electrons. The Hall–Kier alpha value is -2.75. The second kappa shape index (κ2) is 10.2. The molecule has 6 nitrogen and oxygen atoms in total. The molecule has 2 aliphatic heterocycles. The number of esters is 1. The SMILES string of the molecule is CCOC(=O)C1=C(C(F)(F)F)N=C2SC=C(CC(=O)NCC(C)C)N2[C@H]1c1cc(C)ccc1C. The van der Waals surface area contributed by atoms with Crippen molar-refractivity contribution >= 4 is 28.8 Å². The average Bonchev–Trinajstić information content (AvgIpc) is 3.14. The van der Waals surface area contributed by atoms with Crippen molar-refractivity contribution in [3.63, 3.8) is 0 Å².